The average molecular weight is 288 g/mol. The second kappa shape index (κ2) is 7.23. The monoisotopic (exact) mass is 288 g/mol. The highest BCUT2D eigenvalue weighted by Gasteiger charge is 2.01. The number of phenolic OH excluding ortho intramolecular Hbond substituents is 1. The summed E-state index contributed by atoms with van der Waals surface area (Å²) in [5.41, 5.74) is 7.34. The Morgan fingerprint density at radius 1 is 1.33 bits per heavy atom. The highest BCUT2D eigenvalue weighted by Crippen LogP contribution is 2.16. The van der Waals surface area contributed by atoms with E-state index in [4.69, 9.17) is 10.8 Å². The van der Waals surface area contributed by atoms with E-state index in [-0.39, 0.29) is 12.3 Å². The van der Waals surface area contributed by atoms with Crippen LogP contribution >= 0.6 is 0 Å². The zero-order valence-electron chi connectivity index (χ0n) is 11.5. The molecular formula is C15H17FN4O. The molecule has 1 aromatic carbocycles. The zero-order valence-corrected chi connectivity index (χ0v) is 11.5. The summed E-state index contributed by atoms with van der Waals surface area (Å²) in [6.07, 6.45) is 2.48. The normalized spacial score (nSPS) is 11.4. The van der Waals surface area contributed by atoms with Gasteiger partial charge in [0.1, 0.15) is 0 Å². The van der Waals surface area contributed by atoms with Crippen LogP contribution in [0.4, 0.5) is 4.39 Å². The van der Waals surface area contributed by atoms with Gasteiger partial charge in [0.25, 0.3) is 0 Å². The second-order valence-corrected chi connectivity index (χ2v) is 4.49. The molecule has 6 heteroatoms. The van der Waals surface area contributed by atoms with Crippen LogP contribution in [0.5, 0.6) is 5.75 Å². The van der Waals surface area contributed by atoms with E-state index in [0.29, 0.717) is 18.1 Å². The lowest BCUT2D eigenvalue weighted by molar-refractivity contribution is 0.432. The highest BCUT2D eigenvalue weighted by atomic mass is 19.1. The van der Waals surface area contributed by atoms with Gasteiger partial charge in [0, 0.05) is 24.9 Å². The summed E-state index contributed by atoms with van der Waals surface area (Å²) in [5, 5.41) is 12.1. The first-order valence-electron chi connectivity index (χ1n) is 6.56. The number of hydrogen-bond donors (Lipinski definition) is 3. The van der Waals surface area contributed by atoms with Gasteiger partial charge in [-0.25, -0.2) is 9.38 Å². The largest absolute Gasteiger partial charge is 0.505 e. The number of halogens is 1. The maximum absolute atomic E-state index is 13.1. The molecule has 0 aliphatic rings. The van der Waals surface area contributed by atoms with Gasteiger partial charge in [0.05, 0.1) is 6.54 Å². The molecule has 0 radical (unpaired) electrons. The molecule has 0 aliphatic carbocycles. The van der Waals surface area contributed by atoms with Gasteiger partial charge in [-0.1, -0.05) is 12.1 Å². The van der Waals surface area contributed by atoms with Gasteiger partial charge in [-0.3, -0.25) is 4.98 Å². The lowest BCUT2D eigenvalue weighted by atomic mass is 10.2. The molecule has 1 heterocycles. The van der Waals surface area contributed by atoms with Crippen molar-refractivity contribution in [3.63, 3.8) is 0 Å². The number of phenols is 1. The third kappa shape index (κ3) is 4.76. The first-order chi connectivity index (χ1) is 10.1. The van der Waals surface area contributed by atoms with Gasteiger partial charge >= 0.3 is 0 Å². The molecule has 0 bridgehead atoms. The molecule has 0 unspecified atom stereocenters. The lowest BCUT2D eigenvalue weighted by Gasteiger charge is -2.05. The molecule has 2 rings (SSSR count). The van der Waals surface area contributed by atoms with Crippen molar-refractivity contribution in [1.29, 1.82) is 0 Å². The third-order valence-electron chi connectivity index (χ3n) is 2.86. The van der Waals surface area contributed by atoms with Crippen LogP contribution in [-0.2, 0) is 13.0 Å². The van der Waals surface area contributed by atoms with Gasteiger partial charge in [-0.2, -0.15) is 0 Å². The zero-order chi connectivity index (χ0) is 15.1. The first-order valence-corrected chi connectivity index (χ1v) is 6.56. The van der Waals surface area contributed by atoms with Crippen LogP contribution in [0.25, 0.3) is 0 Å². The van der Waals surface area contributed by atoms with Gasteiger partial charge in [0.15, 0.2) is 17.5 Å². The summed E-state index contributed by atoms with van der Waals surface area (Å²) in [7, 11) is 0. The van der Waals surface area contributed by atoms with Gasteiger partial charge < -0.3 is 16.2 Å². The minimum atomic E-state index is -0.663. The fourth-order valence-corrected chi connectivity index (χ4v) is 1.75. The summed E-state index contributed by atoms with van der Waals surface area (Å²) in [4.78, 5) is 8.31. The molecular weight excluding hydrogens is 271 g/mol. The fraction of sp³-hybridized carbons (Fsp3) is 0.200. The third-order valence-corrected chi connectivity index (χ3v) is 2.86. The Hall–Kier alpha value is -2.63. The SMILES string of the molecule is NC(=NCc1ccc(O)c(F)c1)NCCc1ccccn1. The molecule has 0 aliphatic heterocycles. The van der Waals surface area contributed by atoms with Crippen LogP contribution in [0.1, 0.15) is 11.3 Å². The number of hydrogen-bond acceptors (Lipinski definition) is 3. The van der Waals surface area contributed by atoms with Gasteiger partial charge in [-0.05, 0) is 29.8 Å². The number of nitrogens with zero attached hydrogens (tertiary/aromatic N) is 2. The number of guanidine groups is 1. The van der Waals surface area contributed by atoms with E-state index in [1.807, 2.05) is 18.2 Å². The Balaban J connectivity index is 1.80. The smallest absolute Gasteiger partial charge is 0.188 e. The fourth-order valence-electron chi connectivity index (χ4n) is 1.75. The van der Waals surface area contributed by atoms with Crippen molar-refractivity contribution in [3.8, 4) is 5.75 Å². The Bertz CT molecular complexity index is 616. The molecule has 110 valence electrons. The Morgan fingerprint density at radius 3 is 2.90 bits per heavy atom. The average Bonchev–Trinajstić information content (AvgIpc) is 2.49. The van der Waals surface area contributed by atoms with Gasteiger partial charge in [0.2, 0.25) is 0 Å². The number of nitrogens with one attached hydrogen (secondary N) is 1. The molecule has 2 aromatic rings. The number of aromatic nitrogens is 1. The second-order valence-electron chi connectivity index (χ2n) is 4.49. The van der Waals surface area contributed by atoms with Crippen LogP contribution in [0.2, 0.25) is 0 Å². The standard InChI is InChI=1S/C15H17FN4O/c16-13-9-11(4-5-14(13)21)10-20-15(17)19-8-6-12-3-1-2-7-18-12/h1-5,7,9,21H,6,8,10H2,(H3,17,19,20). The van der Waals surface area contributed by atoms with E-state index in [9.17, 15) is 4.39 Å². The summed E-state index contributed by atoms with van der Waals surface area (Å²) in [6.45, 7) is 0.871. The maximum Gasteiger partial charge on any atom is 0.188 e. The van der Waals surface area contributed by atoms with Crippen molar-refractivity contribution in [2.75, 3.05) is 6.54 Å². The van der Waals surface area contributed by atoms with Crippen LogP contribution in [0.15, 0.2) is 47.6 Å². The number of aromatic hydroxyl groups is 1. The minimum Gasteiger partial charge on any atom is -0.505 e. The van der Waals surface area contributed by atoms with Crippen molar-refractivity contribution >= 4 is 5.96 Å². The number of aliphatic imine (C=N–C) groups is 1. The molecule has 4 N–H and O–H groups in total. The van der Waals surface area contributed by atoms with Crippen LogP contribution in [-0.4, -0.2) is 22.6 Å². The summed E-state index contributed by atoms with van der Waals surface area (Å²) >= 11 is 0. The van der Waals surface area contributed by atoms with E-state index < -0.39 is 5.82 Å². The minimum absolute atomic E-state index is 0.250. The molecule has 21 heavy (non-hydrogen) atoms. The van der Waals surface area contributed by atoms with E-state index >= 15 is 0 Å². The van der Waals surface area contributed by atoms with Crippen LogP contribution < -0.4 is 11.1 Å². The van der Waals surface area contributed by atoms with E-state index in [0.717, 1.165) is 12.1 Å². The molecule has 0 atom stereocenters. The van der Waals surface area contributed by atoms with E-state index in [2.05, 4.69) is 15.3 Å². The number of nitrogens with two attached hydrogens (primary N) is 1. The van der Waals surface area contributed by atoms with Crippen molar-refractivity contribution < 1.29 is 9.50 Å². The maximum atomic E-state index is 13.1. The Morgan fingerprint density at radius 2 is 2.19 bits per heavy atom. The van der Waals surface area contributed by atoms with Crippen molar-refractivity contribution in [1.82, 2.24) is 10.3 Å². The Kier molecular flexibility index (Phi) is 5.09. The molecule has 0 amide bonds. The number of pyridine rings is 1. The van der Waals surface area contributed by atoms with E-state index in [1.54, 1.807) is 12.3 Å². The first kappa shape index (κ1) is 14.8. The quantitative estimate of drug-likeness (QED) is 0.576. The van der Waals surface area contributed by atoms with Crippen molar-refractivity contribution in [2.24, 2.45) is 10.7 Å². The lowest BCUT2D eigenvalue weighted by Crippen LogP contribution is -2.33. The molecule has 0 spiro atoms. The summed E-state index contributed by atoms with van der Waals surface area (Å²) < 4.78 is 13.1. The van der Waals surface area contributed by atoms with Crippen molar-refractivity contribution in [3.05, 3.63) is 59.7 Å². The molecule has 5 nitrogen and oxygen atoms in total. The Labute approximate surface area is 122 Å². The summed E-state index contributed by atoms with van der Waals surface area (Å²) in [5.74, 6) is -0.743. The van der Waals surface area contributed by atoms with Gasteiger partial charge in [-0.15, -0.1) is 0 Å². The molecule has 0 fully saturated rings. The van der Waals surface area contributed by atoms with Crippen LogP contribution in [0, 0.1) is 5.82 Å². The molecule has 1 aromatic heterocycles. The predicted molar refractivity (Wildman–Crippen MR) is 79.3 cm³/mol. The molecule has 0 saturated heterocycles. The predicted octanol–water partition coefficient (Wildman–Crippen LogP) is 1.57. The van der Waals surface area contributed by atoms with E-state index in [1.165, 1.54) is 12.1 Å². The highest BCUT2D eigenvalue weighted by molar-refractivity contribution is 5.77. The topological polar surface area (TPSA) is 83.5 Å². The van der Waals surface area contributed by atoms with Crippen LogP contribution in [0.3, 0.4) is 0 Å². The van der Waals surface area contributed by atoms with Crippen molar-refractivity contribution in [2.45, 2.75) is 13.0 Å². The summed E-state index contributed by atoms with van der Waals surface area (Å²) in [6, 6.07) is 9.87. The number of benzene rings is 1. The number of rotatable bonds is 5. The molecule has 0 saturated carbocycles.